The van der Waals surface area contributed by atoms with Gasteiger partial charge < -0.3 is 15.4 Å². The van der Waals surface area contributed by atoms with Crippen molar-refractivity contribution in [1.82, 2.24) is 9.55 Å². The van der Waals surface area contributed by atoms with Gasteiger partial charge in [0.05, 0.1) is 16.6 Å². The summed E-state index contributed by atoms with van der Waals surface area (Å²) in [7, 11) is 0. The first-order valence-corrected chi connectivity index (χ1v) is 6.49. The van der Waals surface area contributed by atoms with Crippen molar-refractivity contribution in [2.45, 2.75) is 37.8 Å². The van der Waals surface area contributed by atoms with Gasteiger partial charge in [-0.15, -0.1) is 0 Å². The highest BCUT2D eigenvalue weighted by atomic mass is 16.3. The number of imidazole rings is 1. The number of rotatable bonds is 4. The van der Waals surface area contributed by atoms with Gasteiger partial charge in [0.2, 0.25) is 0 Å². The van der Waals surface area contributed by atoms with Crippen molar-refractivity contribution in [3.63, 3.8) is 0 Å². The Morgan fingerprint density at radius 3 is 2.83 bits per heavy atom. The number of aromatic nitrogens is 2. The van der Waals surface area contributed by atoms with E-state index in [9.17, 15) is 5.11 Å². The number of nitrogens with two attached hydrogens (primary N) is 1. The number of benzene rings is 1. The standard InChI is InChI=1S/C14H19N3O/c1-14(18,9-15)8-13-16-11-4-2-3-5-12(11)17(13)10-6-7-10/h2-5,10,18H,6-9,15H2,1H3. The van der Waals surface area contributed by atoms with Crippen LogP contribution in [-0.4, -0.2) is 26.8 Å². The van der Waals surface area contributed by atoms with Gasteiger partial charge in [-0.05, 0) is 31.9 Å². The van der Waals surface area contributed by atoms with Crippen molar-refractivity contribution in [2.24, 2.45) is 5.73 Å². The molecular formula is C14H19N3O. The second kappa shape index (κ2) is 4.07. The normalized spacial score (nSPS) is 19.1. The smallest absolute Gasteiger partial charge is 0.113 e. The molecule has 96 valence electrons. The van der Waals surface area contributed by atoms with Crippen LogP contribution in [0.1, 0.15) is 31.6 Å². The summed E-state index contributed by atoms with van der Waals surface area (Å²) >= 11 is 0. The molecule has 0 aliphatic heterocycles. The van der Waals surface area contributed by atoms with Gasteiger partial charge in [-0.3, -0.25) is 0 Å². The molecule has 3 N–H and O–H groups in total. The highest BCUT2D eigenvalue weighted by Gasteiger charge is 2.30. The van der Waals surface area contributed by atoms with E-state index in [-0.39, 0.29) is 6.54 Å². The molecule has 0 radical (unpaired) electrons. The van der Waals surface area contributed by atoms with E-state index in [1.807, 2.05) is 18.2 Å². The second-order valence-electron chi connectivity index (χ2n) is 5.50. The minimum atomic E-state index is -0.881. The van der Waals surface area contributed by atoms with Crippen molar-refractivity contribution >= 4 is 11.0 Å². The predicted molar refractivity (Wildman–Crippen MR) is 71.4 cm³/mol. The summed E-state index contributed by atoms with van der Waals surface area (Å²) in [5, 5.41) is 10.2. The zero-order valence-electron chi connectivity index (χ0n) is 10.6. The molecule has 1 aromatic carbocycles. The zero-order valence-corrected chi connectivity index (χ0v) is 10.6. The molecule has 1 aliphatic carbocycles. The molecule has 0 amide bonds. The number of fused-ring (bicyclic) bond motifs is 1. The molecule has 18 heavy (non-hydrogen) atoms. The minimum Gasteiger partial charge on any atom is -0.388 e. The molecule has 1 heterocycles. The molecule has 4 nitrogen and oxygen atoms in total. The average Bonchev–Trinajstić information content (AvgIpc) is 3.11. The molecule has 1 saturated carbocycles. The Balaban J connectivity index is 2.07. The summed E-state index contributed by atoms with van der Waals surface area (Å²) in [6.45, 7) is 2.02. The molecule has 2 aromatic rings. The number of nitrogens with zero attached hydrogens (tertiary/aromatic N) is 2. The van der Waals surface area contributed by atoms with Gasteiger partial charge in [-0.2, -0.15) is 0 Å². The minimum absolute atomic E-state index is 0.251. The molecule has 0 bridgehead atoms. The maximum atomic E-state index is 10.2. The third-order valence-corrected chi connectivity index (χ3v) is 3.56. The molecule has 1 unspecified atom stereocenters. The second-order valence-corrected chi connectivity index (χ2v) is 5.50. The van der Waals surface area contributed by atoms with E-state index in [0.29, 0.717) is 12.5 Å². The van der Waals surface area contributed by atoms with Gasteiger partial charge in [0.25, 0.3) is 0 Å². The molecule has 4 heteroatoms. The fourth-order valence-corrected chi connectivity index (χ4v) is 2.37. The first-order chi connectivity index (χ1) is 8.61. The number of hydrogen-bond acceptors (Lipinski definition) is 3. The summed E-state index contributed by atoms with van der Waals surface area (Å²) in [5.74, 6) is 0.953. The van der Waals surface area contributed by atoms with E-state index in [1.165, 1.54) is 18.4 Å². The van der Waals surface area contributed by atoms with Crippen LogP contribution < -0.4 is 5.73 Å². The van der Waals surface area contributed by atoms with Crippen molar-refractivity contribution in [3.8, 4) is 0 Å². The third-order valence-electron chi connectivity index (χ3n) is 3.56. The average molecular weight is 245 g/mol. The van der Waals surface area contributed by atoms with Crippen LogP contribution in [-0.2, 0) is 6.42 Å². The van der Waals surface area contributed by atoms with Gasteiger partial charge in [0, 0.05) is 19.0 Å². The third kappa shape index (κ3) is 2.02. The van der Waals surface area contributed by atoms with Crippen LogP contribution in [0, 0.1) is 0 Å². The quantitative estimate of drug-likeness (QED) is 0.860. The summed E-state index contributed by atoms with van der Waals surface area (Å²) in [6.07, 6.45) is 2.92. The van der Waals surface area contributed by atoms with Crippen LogP contribution in [0.3, 0.4) is 0 Å². The van der Waals surface area contributed by atoms with E-state index < -0.39 is 5.60 Å². The molecular weight excluding hydrogens is 226 g/mol. The van der Waals surface area contributed by atoms with E-state index in [2.05, 4.69) is 15.6 Å². The molecule has 3 rings (SSSR count). The summed E-state index contributed by atoms with van der Waals surface area (Å²) < 4.78 is 2.28. The van der Waals surface area contributed by atoms with E-state index in [4.69, 9.17) is 5.73 Å². The van der Waals surface area contributed by atoms with Crippen molar-refractivity contribution in [3.05, 3.63) is 30.1 Å². The van der Waals surface area contributed by atoms with E-state index >= 15 is 0 Å². The molecule has 1 aromatic heterocycles. The Bertz CT molecular complexity index is 569. The van der Waals surface area contributed by atoms with Gasteiger partial charge in [0.1, 0.15) is 5.82 Å². The SMILES string of the molecule is CC(O)(CN)Cc1nc2ccccc2n1C1CC1. The van der Waals surface area contributed by atoms with Crippen LogP contribution >= 0.6 is 0 Å². The maximum absolute atomic E-state index is 10.2. The lowest BCUT2D eigenvalue weighted by molar-refractivity contribution is 0.0667. The summed E-state index contributed by atoms with van der Waals surface area (Å²) in [6, 6.07) is 8.71. The number of aliphatic hydroxyl groups is 1. The van der Waals surface area contributed by atoms with Crippen molar-refractivity contribution in [1.29, 1.82) is 0 Å². The lowest BCUT2D eigenvalue weighted by Crippen LogP contribution is -2.37. The zero-order chi connectivity index (χ0) is 12.8. The van der Waals surface area contributed by atoms with Crippen molar-refractivity contribution < 1.29 is 5.11 Å². The Morgan fingerprint density at radius 2 is 2.17 bits per heavy atom. The summed E-state index contributed by atoms with van der Waals surface area (Å²) in [4.78, 5) is 4.65. The first kappa shape index (κ1) is 11.7. The van der Waals surface area contributed by atoms with Crippen molar-refractivity contribution in [2.75, 3.05) is 6.54 Å². The first-order valence-electron chi connectivity index (χ1n) is 6.49. The van der Waals surface area contributed by atoms with Gasteiger partial charge in [-0.25, -0.2) is 4.98 Å². The molecule has 1 atom stereocenters. The number of para-hydroxylation sites is 2. The largest absolute Gasteiger partial charge is 0.388 e. The monoisotopic (exact) mass is 245 g/mol. The van der Waals surface area contributed by atoms with E-state index in [0.717, 1.165) is 11.3 Å². The lowest BCUT2D eigenvalue weighted by atomic mass is 10.0. The van der Waals surface area contributed by atoms with Crippen LogP contribution in [0.4, 0.5) is 0 Å². The molecule has 1 fully saturated rings. The fraction of sp³-hybridized carbons (Fsp3) is 0.500. The Morgan fingerprint density at radius 1 is 1.44 bits per heavy atom. The highest BCUT2D eigenvalue weighted by molar-refractivity contribution is 5.76. The van der Waals surface area contributed by atoms with Gasteiger partial charge in [0.15, 0.2) is 0 Å². The summed E-state index contributed by atoms with van der Waals surface area (Å²) in [5.41, 5.74) is 6.90. The number of hydrogen-bond donors (Lipinski definition) is 2. The molecule has 0 saturated heterocycles. The molecule has 0 spiro atoms. The van der Waals surface area contributed by atoms with Crippen LogP contribution in [0.2, 0.25) is 0 Å². The van der Waals surface area contributed by atoms with Gasteiger partial charge >= 0.3 is 0 Å². The van der Waals surface area contributed by atoms with Crippen LogP contribution in [0.5, 0.6) is 0 Å². The van der Waals surface area contributed by atoms with E-state index in [1.54, 1.807) is 6.92 Å². The highest BCUT2D eigenvalue weighted by Crippen LogP contribution is 2.39. The van der Waals surface area contributed by atoms with Crippen LogP contribution in [0.25, 0.3) is 11.0 Å². The Labute approximate surface area is 106 Å². The lowest BCUT2D eigenvalue weighted by Gasteiger charge is -2.21. The Kier molecular flexibility index (Phi) is 2.64. The predicted octanol–water partition coefficient (Wildman–Crippen LogP) is 1.62. The topological polar surface area (TPSA) is 64.1 Å². The molecule has 1 aliphatic rings. The van der Waals surface area contributed by atoms with Crippen LogP contribution in [0.15, 0.2) is 24.3 Å². The van der Waals surface area contributed by atoms with Gasteiger partial charge in [-0.1, -0.05) is 12.1 Å². The Hall–Kier alpha value is -1.39. The maximum Gasteiger partial charge on any atom is 0.113 e. The fourth-order valence-electron chi connectivity index (χ4n) is 2.37.